The molecule has 0 amide bonds. The molecule has 0 saturated heterocycles. The van der Waals surface area contributed by atoms with Gasteiger partial charge in [-0.25, -0.2) is 0 Å². The van der Waals surface area contributed by atoms with Crippen molar-refractivity contribution in [2.45, 2.75) is 32.1 Å². The van der Waals surface area contributed by atoms with Crippen LogP contribution in [0.3, 0.4) is 0 Å². The molecule has 0 aromatic carbocycles. The van der Waals surface area contributed by atoms with E-state index in [2.05, 4.69) is 0 Å². The second-order valence-electron chi connectivity index (χ2n) is 3.66. The number of carbonyl (C=O) groups excluding carboxylic acids is 2. The van der Waals surface area contributed by atoms with E-state index >= 15 is 0 Å². The van der Waals surface area contributed by atoms with Crippen LogP contribution in [0, 0.1) is 5.41 Å². The summed E-state index contributed by atoms with van der Waals surface area (Å²) in [5.74, 6) is 0.230. The van der Waals surface area contributed by atoms with Crippen LogP contribution in [0.2, 0.25) is 0 Å². The first-order valence-corrected chi connectivity index (χ1v) is 4.50. The molecule has 1 spiro atoms. The lowest BCUT2D eigenvalue weighted by Gasteiger charge is -2.26. The van der Waals surface area contributed by atoms with Crippen LogP contribution in [0.25, 0.3) is 0 Å². The summed E-state index contributed by atoms with van der Waals surface area (Å²) in [7, 11) is 0. The van der Waals surface area contributed by atoms with Crippen LogP contribution in [0.5, 0.6) is 0 Å². The lowest BCUT2D eigenvalue weighted by atomic mass is 9.74. The maximum absolute atomic E-state index is 11.5. The molecular formula is C10H12O2. The predicted octanol–water partition coefficient (Wildman–Crippen LogP) is 1.64. The van der Waals surface area contributed by atoms with Gasteiger partial charge in [-0.1, -0.05) is 6.08 Å². The molecule has 0 bridgehead atoms. The van der Waals surface area contributed by atoms with E-state index in [1.807, 2.05) is 6.08 Å². The van der Waals surface area contributed by atoms with Gasteiger partial charge in [0.1, 0.15) is 5.78 Å². The fraction of sp³-hybridized carbons (Fsp3) is 0.600. The van der Waals surface area contributed by atoms with Crippen molar-refractivity contribution in [3.63, 3.8) is 0 Å². The minimum Gasteiger partial charge on any atom is -0.299 e. The van der Waals surface area contributed by atoms with Crippen LogP contribution in [0.15, 0.2) is 12.2 Å². The Labute approximate surface area is 71.6 Å². The number of hydrogen-bond donors (Lipinski definition) is 0. The van der Waals surface area contributed by atoms with Gasteiger partial charge in [0.2, 0.25) is 0 Å². The number of ketones is 2. The zero-order valence-electron chi connectivity index (χ0n) is 7.01. The Bertz CT molecular complexity index is 265. The van der Waals surface area contributed by atoms with Gasteiger partial charge in [-0.05, 0) is 31.8 Å². The Morgan fingerprint density at radius 2 is 2.08 bits per heavy atom. The van der Waals surface area contributed by atoms with Crippen molar-refractivity contribution in [1.29, 1.82) is 0 Å². The second kappa shape index (κ2) is 2.54. The summed E-state index contributed by atoms with van der Waals surface area (Å²) in [6, 6.07) is 0. The van der Waals surface area contributed by atoms with E-state index in [1.165, 1.54) is 0 Å². The van der Waals surface area contributed by atoms with Gasteiger partial charge in [-0.15, -0.1) is 0 Å². The summed E-state index contributed by atoms with van der Waals surface area (Å²) in [5, 5.41) is 0. The van der Waals surface area contributed by atoms with Crippen molar-refractivity contribution >= 4 is 11.6 Å². The number of carbonyl (C=O) groups is 2. The van der Waals surface area contributed by atoms with E-state index < -0.39 is 5.41 Å². The largest absolute Gasteiger partial charge is 0.299 e. The molecule has 0 N–H and O–H groups in total. The van der Waals surface area contributed by atoms with E-state index in [1.54, 1.807) is 6.08 Å². The highest BCUT2D eigenvalue weighted by molar-refractivity contribution is 6.13. The average Bonchev–Trinajstić information content (AvgIpc) is 2.41. The van der Waals surface area contributed by atoms with Gasteiger partial charge in [0.25, 0.3) is 0 Å². The summed E-state index contributed by atoms with van der Waals surface area (Å²) in [6.07, 6.45) is 7.40. The Balaban J connectivity index is 2.35. The highest BCUT2D eigenvalue weighted by Crippen LogP contribution is 2.42. The monoisotopic (exact) mass is 164 g/mol. The number of hydrogen-bond acceptors (Lipinski definition) is 2. The summed E-state index contributed by atoms with van der Waals surface area (Å²) in [4.78, 5) is 23.0. The first kappa shape index (κ1) is 7.71. The van der Waals surface area contributed by atoms with Crippen LogP contribution in [0.4, 0.5) is 0 Å². The molecule has 2 heteroatoms. The number of rotatable bonds is 0. The molecule has 0 aromatic rings. The third-order valence-corrected chi connectivity index (χ3v) is 3.02. The minimum absolute atomic E-state index is 0.0521. The minimum atomic E-state index is -0.575. The first-order valence-electron chi connectivity index (χ1n) is 4.50. The zero-order chi connectivity index (χ0) is 8.60. The molecule has 2 rings (SSSR count). The molecule has 0 aliphatic heterocycles. The molecule has 0 heterocycles. The molecule has 1 fully saturated rings. The number of Topliss-reactive ketones (excluding diaryl/α,β-unsaturated/α-hetero) is 1. The standard InChI is InChI=1S/C10H12O2/c11-8-4-1-2-6-10(8)7-3-5-9(10)12/h1,4H,2-3,5-7H2/t10-/m1/s1. The normalized spacial score (nSPS) is 35.0. The molecule has 2 aliphatic rings. The quantitative estimate of drug-likeness (QED) is 0.510. The smallest absolute Gasteiger partial charge is 0.168 e. The van der Waals surface area contributed by atoms with E-state index in [0.29, 0.717) is 6.42 Å². The van der Waals surface area contributed by atoms with Crippen LogP contribution < -0.4 is 0 Å². The van der Waals surface area contributed by atoms with Gasteiger partial charge < -0.3 is 0 Å². The predicted molar refractivity (Wildman–Crippen MR) is 44.7 cm³/mol. The van der Waals surface area contributed by atoms with E-state index in [0.717, 1.165) is 25.7 Å². The van der Waals surface area contributed by atoms with Crippen LogP contribution >= 0.6 is 0 Å². The third-order valence-electron chi connectivity index (χ3n) is 3.02. The lowest BCUT2D eigenvalue weighted by Crippen LogP contribution is -2.35. The molecule has 1 atom stereocenters. The highest BCUT2D eigenvalue weighted by atomic mass is 16.2. The summed E-state index contributed by atoms with van der Waals surface area (Å²) in [5.41, 5.74) is -0.575. The number of allylic oxidation sites excluding steroid dienone is 2. The molecule has 0 aromatic heterocycles. The average molecular weight is 164 g/mol. The lowest BCUT2D eigenvalue weighted by molar-refractivity contribution is -0.136. The van der Waals surface area contributed by atoms with E-state index in [4.69, 9.17) is 0 Å². The molecular weight excluding hydrogens is 152 g/mol. The van der Waals surface area contributed by atoms with Crippen molar-refractivity contribution in [1.82, 2.24) is 0 Å². The molecule has 1 saturated carbocycles. The van der Waals surface area contributed by atoms with Crippen LogP contribution in [0.1, 0.15) is 32.1 Å². The maximum Gasteiger partial charge on any atom is 0.168 e. The van der Waals surface area contributed by atoms with Crippen molar-refractivity contribution in [3.8, 4) is 0 Å². The Morgan fingerprint density at radius 1 is 1.25 bits per heavy atom. The second-order valence-corrected chi connectivity index (χ2v) is 3.66. The van der Waals surface area contributed by atoms with E-state index in [-0.39, 0.29) is 11.6 Å². The molecule has 64 valence electrons. The Morgan fingerprint density at radius 3 is 2.67 bits per heavy atom. The summed E-state index contributed by atoms with van der Waals surface area (Å²) >= 11 is 0. The van der Waals surface area contributed by atoms with Crippen LogP contribution in [-0.2, 0) is 9.59 Å². The van der Waals surface area contributed by atoms with Crippen molar-refractivity contribution < 1.29 is 9.59 Å². The first-order chi connectivity index (χ1) is 5.76. The fourth-order valence-electron chi connectivity index (χ4n) is 2.26. The molecule has 0 radical (unpaired) electrons. The highest BCUT2D eigenvalue weighted by Gasteiger charge is 2.47. The Kier molecular flexibility index (Phi) is 1.63. The van der Waals surface area contributed by atoms with Gasteiger partial charge in [-0.2, -0.15) is 0 Å². The topological polar surface area (TPSA) is 34.1 Å². The zero-order valence-corrected chi connectivity index (χ0v) is 7.01. The Hall–Kier alpha value is -0.920. The van der Waals surface area contributed by atoms with Gasteiger partial charge in [0.15, 0.2) is 5.78 Å². The van der Waals surface area contributed by atoms with E-state index in [9.17, 15) is 9.59 Å². The fourth-order valence-corrected chi connectivity index (χ4v) is 2.26. The van der Waals surface area contributed by atoms with Gasteiger partial charge in [0, 0.05) is 6.42 Å². The molecule has 2 aliphatic carbocycles. The SMILES string of the molecule is O=C1C=CCC[C@@]12CCCC2=O. The van der Waals surface area contributed by atoms with Crippen molar-refractivity contribution in [3.05, 3.63) is 12.2 Å². The van der Waals surface area contributed by atoms with Gasteiger partial charge in [0.05, 0.1) is 5.41 Å². The summed E-state index contributed by atoms with van der Waals surface area (Å²) < 4.78 is 0. The summed E-state index contributed by atoms with van der Waals surface area (Å²) in [6.45, 7) is 0. The van der Waals surface area contributed by atoms with Gasteiger partial charge >= 0.3 is 0 Å². The maximum atomic E-state index is 11.5. The molecule has 2 nitrogen and oxygen atoms in total. The molecule has 0 unspecified atom stereocenters. The van der Waals surface area contributed by atoms with Gasteiger partial charge in [-0.3, -0.25) is 9.59 Å². The van der Waals surface area contributed by atoms with Crippen molar-refractivity contribution in [2.24, 2.45) is 5.41 Å². The third kappa shape index (κ3) is 0.872. The van der Waals surface area contributed by atoms with Crippen LogP contribution in [-0.4, -0.2) is 11.6 Å². The molecule has 12 heavy (non-hydrogen) atoms. The van der Waals surface area contributed by atoms with Crippen molar-refractivity contribution in [2.75, 3.05) is 0 Å².